The van der Waals surface area contributed by atoms with E-state index < -0.39 is 0 Å². The fraction of sp³-hybridized carbons (Fsp3) is 0.526. The normalized spacial score (nSPS) is 15.1. The molecule has 146 valence electrons. The van der Waals surface area contributed by atoms with Crippen molar-refractivity contribution in [1.82, 2.24) is 14.0 Å². The van der Waals surface area contributed by atoms with Crippen LogP contribution in [0.15, 0.2) is 27.8 Å². The minimum Gasteiger partial charge on any atom is -0.497 e. The highest BCUT2D eigenvalue weighted by Gasteiger charge is 2.27. The Balaban J connectivity index is 2.01. The van der Waals surface area contributed by atoms with Crippen molar-refractivity contribution < 1.29 is 14.3 Å². The van der Waals surface area contributed by atoms with Crippen molar-refractivity contribution in [1.29, 1.82) is 0 Å². The maximum Gasteiger partial charge on any atom is 0.409 e. The topological polar surface area (TPSA) is 82.8 Å². The Bertz CT molecular complexity index is 954. The highest BCUT2D eigenvalue weighted by Crippen LogP contribution is 2.22. The quantitative estimate of drug-likeness (QED) is 0.816. The summed E-state index contributed by atoms with van der Waals surface area (Å²) in [6, 6.07) is 4.92. The largest absolute Gasteiger partial charge is 0.497 e. The van der Waals surface area contributed by atoms with Crippen LogP contribution in [0, 0.1) is 0 Å². The van der Waals surface area contributed by atoms with E-state index in [1.807, 2.05) is 6.92 Å². The van der Waals surface area contributed by atoms with Crippen molar-refractivity contribution >= 4 is 17.0 Å². The molecule has 0 aliphatic carbocycles. The van der Waals surface area contributed by atoms with E-state index in [-0.39, 0.29) is 23.4 Å². The van der Waals surface area contributed by atoms with Gasteiger partial charge in [-0.05, 0) is 44.9 Å². The predicted octanol–water partition coefficient (Wildman–Crippen LogP) is 1.99. The first-order chi connectivity index (χ1) is 13.0. The molecule has 8 nitrogen and oxygen atoms in total. The van der Waals surface area contributed by atoms with Crippen molar-refractivity contribution in [2.45, 2.75) is 39.3 Å². The molecular weight excluding hydrogens is 350 g/mol. The summed E-state index contributed by atoms with van der Waals surface area (Å²) < 4.78 is 13.2. The van der Waals surface area contributed by atoms with Crippen LogP contribution in [0.5, 0.6) is 5.75 Å². The zero-order chi connectivity index (χ0) is 19.6. The Morgan fingerprint density at radius 3 is 2.48 bits per heavy atom. The first-order valence-electron chi connectivity index (χ1n) is 9.26. The Labute approximate surface area is 156 Å². The van der Waals surface area contributed by atoms with E-state index >= 15 is 0 Å². The Hall–Kier alpha value is -2.77. The van der Waals surface area contributed by atoms with Gasteiger partial charge in [0.2, 0.25) is 0 Å². The summed E-state index contributed by atoms with van der Waals surface area (Å²) in [5.41, 5.74) is -0.0172. The number of amides is 1. The third kappa shape index (κ3) is 3.43. The van der Waals surface area contributed by atoms with Gasteiger partial charge in [0, 0.05) is 25.7 Å². The molecule has 27 heavy (non-hydrogen) atoms. The lowest BCUT2D eigenvalue weighted by molar-refractivity contribution is 0.0919. The number of aryl methyl sites for hydroxylation is 1. The Morgan fingerprint density at radius 1 is 1.19 bits per heavy atom. The van der Waals surface area contributed by atoms with Crippen LogP contribution in [0.25, 0.3) is 10.9 Å². The van der Waals surface area contributed by atoms with Gasteiger partial charge < -0.3 is 14.4 Å². The summed E-state index contributed by atoms with van der Waals surface area (Å²) in [6.45, 7) is 5.34. The van der Waals surface area contributed by atoms with Crippen LogP contribution in [0.3, 0.4) is 0 Å². The molecule has 1 amide bonds. The maximum atomic E-state index is 13.1. The zero-order valence-corrected chi connectivity index (χ0v) is 15.9. The highest BCUT2D eigenvalue weighted by molar-refractivity contribution is 5.79. The fourth-order valence-electron chi connectivity index (χ4n) is 3.65. The van der Waals surface area contributed by atoms with E-state index in [0.717, 1.165) is 0 Å². The number of hydrogen-bond acceptors (Lipinski definition) is 5. The molecule has 1 fully saturated rings. The molecule has 0 radical (unpaired) electrons. The number of nitrogens with zero attached hydrogens (tertiary/aromatic N) is 3. The second-order valence-electron chi connectivity index (χ2n) is 6.50. The summed E-state index contributed by atoms with van der Waals surface area (Å²) >= 11 is 0. The van der Waals surface area contributed by atoms with E-state index in [1.54, 1.807) is 41.7 Å². The van der Waals surface area contributed by atoms with Gasteiger partial charge >= 0.3 is 11.8 Å². The number of aromatic nitrogens is 2. The Kier molecular flexibility index (Phi) is 5.53. The van der Waals surface area contributed by atoms with Crippen LogP contribution >= 0.6 is 0 Å². The monoisotopic (exact) mass is 375 g/mol. The van der Waals surface area contributed by atoms with Crippen LogP contribution in [-0.2, 0) is 11.3 Å². The van der Waals surface area contributed by atoms with Crippen LogP contribution < -0.4 is 16.0 Å². The van der Waals surface area contributed by atoms with Crippen LogP contribution in [-0.4, -0.2) is 46.9 Å². The smallest absolute Gasteiger partial charge is 0.409 e. The van der Waals surface area contributed by atoms with E-state index in [0.29, 0.717) is 55.7 Å². The van der Waals surface area contributed by atoms with Gasteiger partial charge in [0.25, 0.3) is 5.56 Å². The molecular formula is C19H25N3O5. The van der Waals surface area contributed by atoms with E-state index in [1.165, 1.54) is 4.57 Å². The third-order valence-electron chi connectivity index (χ3n) is 5.05. The molecule has 0 atom stereocenters. The predicted molar refractivity (Wildman–Crippen MR) is 102 cm³/mol. The van der Waals surface area contributed by atoms with Gasteiger partial charge in [0.05, 0.1) is 24.6 Å². The number of fused-ring (bicyclic) bond motifs is 1. The van der Waals surface area contributed by atoms with Gasteiger partial charge in [-0.1, -0.05) is 0 Å². The Morgan fingerprint density at radius 2 is 1.89 bits per heavy atom. The third-order valence-corrected chi connectivity index (χ3v) is 5.05. The second kappa shape index (κ2) is 7.85. The minimum atomic E-state index is -0.350. The average Bonchev–Trinajstić information content (AvgIpc) is 2.69. The number of likely N-dealkylation sites (tertiary alicyclic amines) is 1. The number of carbonyl (C=O) groups excluding carboxylic acids is 1. The van der Waals surface area contributed by atoms with Gasteiger partial charge in [-0.3, -0.25) is 13.9 Å². The maximum absolute atomic E-state index is 13.1. The van der Waals surface area contributed by atoms with Crippen molar-refractivity contribution in [3.05, 3.63) is 39.0 Å². The summed E-state index contributed by atoms with van der Waals surface area (Å²) in [7, 11) is 1.54. The molecule has 3 rings (SSSR count). The molecule has 0 bridgehead atoms. The molecule has 1 saturated heterocycles. The molecule has 0 unspecified atom stereocenters. The van der Waals surface area contributed by atoms with Crippen LogP contribution in [0.4, 0.5) is 4.79 Å². The average molecular weight is 375 g/mol. The van der Waals surface area contributed by atoms with Gasteiger partial charge in [-0.25, -0.2) is 9.59 Å². The van der Waals surface area contributed by atoms with Crippen LogP contribution in [0.1, 0.15) is 32.7 Å². The SMILES string of the molecule is CCOC(=O)N1CCC(n2c(=O)c3cc(OC)ccc3n(CC)c2=O)CC1. The number of carbonyl (C=O) groups is 1. The summed E-state index contributed by atoms with van der Waals surface area (Å²) in [5.74, 6) is 0.574. The first-order valence-corrected chi connectivity index (χ1v) is 9.26. The summed E-state index contributed by atoms with van der Waals surface area (Å²) in [4.78, 5) is 39.6. The van der Waals surface area contributed by atoms with Crippen molar-refractivity contribution in [2.75, 3.05) is 26.8 Å². The number of rotatable bonds is 4. The molecule has 1 aromatic heterocycles. The number of methoxy groups -OCH3 is 1. The van der Waals surface area contributed by atoms with Crippen molar-refractivity contribution in [3.63, 3.8) is 0 Å². The van der Waals surface area contributed by atoms with Crippen molar-refractivity contribution in [2.24, 2.45) is 0 Å². The fourth-order valence-corrected chi connectivity index (χ4v) is 3.65. The van der Waals surface area contributed by atoms with Gasteiger partial charge in [-0.2, -0.15) is 0 Å². The molecule has 1 aromatic carbocycles. The lowest BCUT2D eigenvalue weighted by atomic mass is 10.0. The van der Waals surface area contributed by atoms with Crippen LogP contribution in [0.2, 0.25) is 0 Å². The van der Waals surface area contributed by atoms with Gasteiger partial charge in [-0.15, -0.1) is 0 Å². The first kappa shape index (κ1) is 19.0. The molecule has 2 heterocycles. The molecule has 0 saturated carbocycles. The second-order valence-corrected chi connectivity index (χ2v) is 6.50. The summed E-state index contributed by atoms with van der Waals surface area (Å²) in [6.07, 6.45) is 0.720. The molecule has 1 aliphatic rings. The highest BCUT2D eigenvalue weighted by atomic mass is 16.6. The summed E-state index contributed by atoms with van der Waals surface area (Å²) in [5, 5.41) is 0.462. The standard InChI is InChI=1S/C19H25N3O5/c1-4-21-16-7-6-14(26-3)12-15(16)17(23)22(18(21)24)13-8-10-20(11-9-13)19(25)27-5-2/h6-7,12-13H,4-5,8-11H2,1-3H3. The molecule has 8 heteroatoms. The van der Waals surface area contributed by atoms with E-state index in [9.17, 15) is 14.4 Å². The zero-order valence-electron chi connectivity index (χ0n) is 15.9. The minimum absolute atomic E-state index is 0.246. The molecule has 2 aromatic rings. The number of piperidine rings is 1. The molecule has 0 N–H and O–H groups in total. The molecule has 0 spiro atoms. The van der Waals surface area contributed by atoms with E-state index in [2.05, 4.69) is 0 Å². The number of ether oxygens (including phenoxy) is 2. The number of hydrogen-bond donors (Lipinski definition) is 0. The lowest BCUT2D eigenvalue weighted by Crippen LogP contribution is -2.47. The van der Waals surface area contributed by atoms with E-state index in [4.69, 9.17) is 9.47 Å². The van der Waals surface area contributed by atoms with Gasteiger partial charge in [0.15, 0.2) is 0 Å². The van der Waals surface area contributed by atoms with Gasteiger partial charge in [0.1, 0.15) is 5.75 Å². The lowest BCUT2D eigenvalue weighted by Gasteiger charge is -2.32. The number of benzene rings is 1. The molecule has 1 aliphatic heterocycles. The van der Waals surface area contributed by atoms with Crippen molar-refractivity contribution in [3.8, 4) is 5.75 Å².